The highest BCUT2D eigenvalue weighted by atomic mass is 16.5. The third kappa shape index (κ3) is 3.45. The van der Waals surface area contributed by atoms with E-state index in [1.807, 2.05) is 35.4 Å². The van der Waals surface area contributed by atoms with Gasteiger partial charge in [-0.15, -0.1) is 0 Å². The number of carbonyl (C=O) groups excluding carboxylic acids is 1. The molecule has 28 heavy (non-hydrogen) atoms. The van der Waals surface area contributed by atoms with Crippen molar-refractivity contribution < 1.29 is 19.4 Å². The molecule has 2 aromatic carbocycles. The number of carbonyl (C=O) groups is 2. The third-order valence-corrected chi connectivity index (χ3v) is 5.41. The van der Waals surface area contributed by atoms with Crippen molar-refractivity contribution in [3.05, 3.63) is 65.4 Å². The molecular weight excluding hydrogens is 356 g/mol. The lowest BCUT2D eigenvalue weighted by Crippen LogP contribution is -2.28. The Morgan fingerprint density at radius 3 is 2.79 bits per heavy atom. The van der Waals surface area contributed by atoms with Crippen LogP contribution in [0.15, 0.2) is 48.7 Å². The molecule has 3 aromatic rings. The second-order valence-electron chi connectivity index (χ2n) is 7.22. The minimum Gasteiger partial charge on any atom is -0.496 e. The number of hydrogen-bond acceptors (Lipinski definition) is 3. The fourth-order valence-electron chi connectivity index (χ4n) is 3.93. The number of hydrogen-bond donors (Lipinski definition) is 2. The molecule has 2 N–H and O–H groups in total. The second-order valence-corrected chi connectivity index (χ2v) is 7.22. The number of amides is 1. The molecular formula is C22H22N2O4. The summed E-state index contributed by atoms with van der Waals surface area (Å²) in [6, 6.07) is 12.6. The average Bonchev–Trinajstić information content (AvgIpc) is 3.36. The van der Waals surface area contributed by atoms with Crippen LogP contribution >= 0.6 is 0 Å². The van der Waals surface area contributed by atoms with Crippen LogP contribution in [0.3, 0.4) is 0 Å². The number of fused-ring (bicyclic) bond motifs is 1. The van der Waals surface area contributed by atoms with Crippen LogP contribution in [0.4, 0.5) is 0 Å². The number of carboxylic acid groups (broad SMARTS) is 1. The van der Waals surface area contributed by atoms with Gasteiger partial charge in [-0.05, 0) is 66.8 Å². The van der Waals surface area contributed by atoms with Gasteiger partial charge < -0.3 is 19.7 Å². The first-order valence-corrected chi connectivity index (χ1v) is 9.32. The number of H-pyrrole nitrogens is 1. The summed E-state index contributed by atoms with van der Waals surface area (Å²) in [5.41, 5.74) is 2.83. The SMILES string of the molecule is COc1ccc(C(=O)O)cc1CC1CCN(C(=O)c2ccc3[nH]ccc3c2)C1. The molecule has 2 heterocycles. The number of nitrogens with one attached hydrogen (secondary N) is 1. The van der Waals surface area contributed by atoms with Crippen LogP contribution in [-0.2, 0) is 6.42 Å². The van der Waals surface area contributed by atoms with E-state index in [0.29, 0.717) is 30.8 Å². The third-order valence-electron chi connectivity index (χ3n) is 5.41. The molecule has 6 nitrogen and oxygen atoms in total. The maximum atomic E-state index is 12.9. The molecule has 1 aliphatic heterocycles. The van der Waals surface area contributed by atoms with Crippen LogP contribution in [0.1, 0.15) is 32.7 Å². The monoisotopic (exact) mass is 378 g/mol. The van der Waals surface area contributed by atoms with Crippen LogP contribution in [-0.4, -0.2) is 47.1 Å². The van der Waals surface area contributed by atoms with Crippen LogP contribution in [0.25, 0.3) is 10.9 Å². The predicted octanol–water partition coefficient (Wildman–Crippen LogP) is 3.58. The fraction of sp³-hybridized carbons (Fsp3) is 0.273. The number of nitrogens with zero attached hydrogens (tertiary/aromatic N) is 1. The molecule has 1 atom stereocenters. The largest absolute Gasteiger partial charge is 0.496 e. The topological polar surface area (TPSA) is 82.6 Å². The van der Waals surface area contributed by atoms with Crippen molar-refractivity contribution in [3.63, 3.8) is 0 Å². The predicted molar refractivity (Wildman–Crippen MR) is 106 cm³/mol. The Hall–Kier alpha value is -3.28. The maximum Gasteiger partial charge on any atom is 0.335 e. The van der Waals surface area contributed by atoms with Crippen molar-refractivity contribution in [2.24, 2.45) is 5.92 Å². The van der Waals surface area contributed by atoms with Gasteiger partial charge in [-0.1, -0.05) is 0 Å². The second kappa shape index (κ2) is 7.38. The van der Waals surface area contributed by atoms with Gasteiger partial charge in [0.05, 0.1) is 12.7 Å². The van der Waals surface area contributed by atoms with Crippen LogP contribution in [0, 0.1) is 5.92 Å². The van der Waals surface area contributed by atoms with E-state index in [9.17, 15) is 14.7 Å². The lowest BCUT2D eigenvalue weighted by Gasteiger charge is -2.17. The molecule has 1 aromatic heterocycles. The molecule has 6 heteroatoms. The summed E-state index contributed by atoms with van der Waals surface area (Å²) >= 11 is 0. The molecule has 0 radical (unpaired) electrons. The number of methoxy groups -OCH3 is 1. The first-order valence-electron chi connectivity index (χ1n) is 9.32. The van der Waals surface area contributed by atoms with E-state index in [1.54, 1.807) is 25.3 Å². The van der Waals surface area contributed by atoms with Crippen molar-refractivity contribution >= 4 is 22.8 Å². The van der Waals surface area contributed by atoms with E-state index in [1.165, 1.54) is 0 Å². The molecule has 0 bridgehead atoms. The van der Waals surface area contributed by atoms with Gasteiger partial charge in [-0.3, -0.25) is 4.79 Å². The summed E-state index contributed by atoms with van der Waals surface area (Å²) in [4.78, 5) is 29.2. The van der Waals surface area contributed by atoms with E-state index < -0.39 is 5.97 Å². The first-order chi connectivity index (χ1) is 13.5. The van der Waals surface area contributed by atoms with E-state index in [-0.39, 0.29) is 17.4 Å². The Kier molecular flexibility index (Phi) is 4.77. The Morgan fingerprint density at radius 2 is 2.00 bits per heavy atom. The number of aromatic carboxylic acids is 1. The van der Waals surface area contributed by atoms with Crippen LogP contribution in [0.2, 0.25) is 0 Å². The average molecular weight is 378 g/mol. The highest BCUT2D eigenvalue weighted by Crippen LogP contribution is 2.28. The van der Waals surface area contributed by atoms with Crippen LogP contribution < -0.4 is 4.74 Å². The van der Waals surface area contributed by atoms with Gasteiger partial charge >= 0.3 is 5.97 Å². The number of likely N-dealkylation sites (tertiary alicyclic amines) is 1. The zero-order chi connectivity index (χ0) is 19.7. The standard InChI is InChI=1S/C22H22N2O4/c1-28-20-5-3-17(22(26)27)12-18(20)10-14-7-9-24(13-14)21(25)16-2-4-19-15(11-16)6-8-23-19/h2-6,8,11-12,14,23H,7,9-10,13H2,1H3,(H,26,27). The zero-order valence-corrected chi connectivity index (χ0v) is 15.6. The molecule has 4 rings (SSSR count). The van der Waals surface area contributed by atoms with Crippen LogP contribution in [0.5, 0.6) is 5.75 Å². The van der Waals surface area contributed by atoms with E-state index in [2.05, 4.69) is 4.98 Å². The lowest BCUT2D eigenvalue weighted by atomic mass is 9.96. The highest BCUT2D eigenvalue weighted by molar-refractivity contribution is 5.98. The normalized spacial score (nSPS) is 16.5. The van der Waals surface area contributed by atoms with Gasteiger partial charge in [0.1, 0.15) is 5.75 Å². The summed E-state index contributed by atoms with van der Waals surface area (Å²) < 4.78 is 5.39. The van der Waals surface area contributed by atoms with Gasteiger partial charge in [0.2, 0.25) is 0 Å². The van der Waals surface area contributed by atoms with E-state index in [0.717, 1.165) is 22.9 Å². The maximum absolute atomic E-state index is 12.9. The minimum atomic E-state index is -0.952. The molecule has 1 aliphatic rings. The Labute approximate surface area is 162 Å². The highest BCUT2D eigenvalue weighted by Gasteiger charge is 2.28. The van der Waals surface area contributed by atoms with Crippen molar-refractivity contribution in [2.45, 2.75) is 12.8 Å². The Balaban J connectivity index is 1.47. The number of benzene rings is 2. The Morgan fingerprint density at radius 1 is 1.18 bits per heavy atom. The van der Waals surface area contributed by atoms with Crippen molar-refractivity contribution in [1.82, 2.24) is 9.88 Å². The number of ether oxygens (including phenoxy) is 1. The molecule has 0 spiro atoms. The summed E-state index contributed by atoms with van der Waals surface area (Å²) in [6.07, 6.45) is 3.44. The Bertz CT molecular complexity index is 1040. The molecule has 0 aliphatic carbocycles. The van der Waals surface area contributed by atoms with Gasteiger partial charge in [0.15, 0.2) is 0 Å². The molecule has 1 amide bonds. The van der Waals surface area contributed by atoms with Crippen molar-refractivity contribution in [3.8, 4) is 5.75 Å². The summed E-state index contributed by atoms with van der Waals surface area (Å²) in [7, 11) is 1.58. The van der Waals surface area contributed by atoms with Crippen molar-refractivity contribution in [1.29, 1.82) is 0 Å². The minimum absolute atomic E-state index is 0.0388. The lowest BCUT2D eigenvalue weighted by molar-refractivity contribution is 0.0696. The van der Waals surface area contributed by atoms with Gasteiger partial charge in [0.25, 0.3) is 5.91 Å². The van der Waals surface area contributed by atoms with Gasteiger partial charge in [-0.2, -0.15) is 0 Å². The molecule has 1 fully saturated rings. The number of carboxylic acids is 1. The molecule has 144 valence electrons. The van der Waals surface area contributed by atoms with Gasteiger partial charge in [0, 0.05) is 35.8 Å². The summed E-state index contributed by atoms with van der Waals surface area (Å²) in [5, 5.41) is 10.3. The smallest absolute Gasteiger partial charge is 0.335 e. The van der Waals surface area contributed by atoms with Crippen molar-refractivity contribution in [2.75, 3.05) is 20.2 Å². The number of aromatic nitrogens is 1. The first kappa shape index (κ1) is 18.1. The fourth-order valence-corrected chi connectivity index (χ4v) is 3.93. The number of rotatable bonds is 5. The summed E-state index contributed by atoms with van der Waals surface area (Å²) in [6.45, 7) is 1.36. The molecule has 0 saturated carbocycles. The van der Waals surface area contributed by atoms with Gasteiger partial charge in [-0.25, -0.2) is 4.79 Å². The zero-order valence-electron chi connectivity index (χ0n) is 15.6. The molecule has 1 unspecified atom stereocenters. The quantitative estimate of drug-likeness (QED) is 0.711. The van der Waals surface area contributed by atoms with E-state index >= 15 is 0 Å². The molecule has 1 saturated heterocycles. The summed E-state index contributed by atoms with van der Waals surface area (Å²) in [5.74, 6) is 0.0506. The number of aromatic amines is 1. The van der Waals surface area contributed by atoms with E-state index in [4.69, 9.17) is 4.74 Å².